The molecular weight excluding hydrogens is 274 g/mol. The molecular formula is C11H8BrNOS. The minimum Gasteiger partial charge on any atom is -0.398 e. The van der Waals surface area contributed by atoms with E-state index in [4.69, 9.17) is 5.73 Å². The summed E-state index contributed by atoms with van der Waals surface area (Å²) in [5.74, 6) is 0.00387. The van der Waals surface area contributed by atoms with Crippen molar-refractivity contribution in [3.63, 3.8) is 0 Å². The number of rotatable bonds is 2. The van der Waals surface area contributed by atoms with E-state index in [2.05, 4.69) is 15.9 Å². The molecule has 2 aromatic rings. The number of hydrogen-bond acceptors (Lipinski definition) is 3. The number of carbonyl (C=O) groups is 1. The van der Waals surface area contributed by atoms with E-state index in [9.17, 15) is 4.79 Å². The number of halogens is 1. The van der Waals surface area contributed by atoms with E-state index >= 15 is 0 Å². The van der Waals surface area contributed by atoms with Crippen molar-refractivity contribution in [2.45, 2.75) is 0 Å². The molecule has 0 fully saturated rings. The fourth-order valence-corrected chi connectivity index (χ4v) is 2.39. The third kappa shape index (κ3) is 1.96. The predicted octanol–water partition coefficient (Wildman–Crippen LogP) is 3.32. The maximum atomic E-state index is 12.0. The molecule has 0 saturated heterocycles. The van der Waals surface area contributed by atoms with Gasteiger partial charge in [0.25, 0.3) is 0 Å². The summed E-state index contributed by atoms with van der Waals surface area (Å²) in [5.41, 5.74) is 6.91. The zero-order valence-corrected chi connectivity index (χ0v) is 10.1. The summed E-state index contributed by atoms with van der Waals surface area (Å²) in [6, 6.07) is 8.97. The second-order valence-corrected chi connectivity index (χ2v) is 4.76. The minimum absolute atomic E-state index is 0.00387. The van der Waals surface area contributed by atoms with E-state index in [1.807, 2.05) is 17.5 Å². The van der Waals surface area contributed by atoms with Crippen LogP contribution in [-0.2, 0) is 0 Å². The molecule has 2 N–H and O–H groups in total. The molecule has 1 aromatic heterocycles. The first kappa shape index (κ1) is 10.4. The maximum Gasteiger partial charge on any atom is 0.204 e. The van der Waals surface area contributed by atoms with Crippen LogP contribution in [0.4, 0.5) is 5.69 Å². The van der Waals surface area contributed by atoms with Gasteiger partial charge in [0.05, 0.1) is 9.35 Å². The summed E-state index contributed by atoms with van der Waals surface area (Å²) in [6.07, 6.45) is 0. The van der Waals surface area contributed by atoms with Gasteiger partial charge in [-0.15, -0.1) is 11.3 Å². The average Bonchev–Trinajstić information content (AvgIpc) is 2.74. The molecule has 0 atom stereocenters. The highest BCUT2D eigenvalue weighted by molar-refractivity contribution is 9.10. The molecule has 0 radical (unpaired) electrons. The molecule has 0 amide bonds. The van der Waals surface area contributed by atoms with Crippen LogP contribution >= 0.6 is 27.3 Å². The molecule has 1 aromatic carbocycles. The first-order valence-corrected chi connectivity index (χ1v) is 5.99. The van der Waals surface area contributed by atoms with Gasteiger partial charge in [0.2, 0.25) is 5.78 Å². The number of anilines is 1. The molecule has 2 nitrogen and oxygen atoms in total. The fourth-order valence-electron chi connectivity index (χ4n) is 1.27. The van der Waals surface area contributed by atoms with Crippen molar-refractivity contribution in [3.05, 3.63) is 50.6 Å². The molecule has 0 saturated carbocycles. The molecule has 15 heavy (non-hydrogen) atoms. The van der Waals surface area contributed by atoms with Crippen LogP contribution in [0.5, 0.6) is 0 Å². The van der Waals surface area contributed by atoms with Crippen LogP contribution in [0.15, 0.2) is 40.2 Å². The van der Waals surface area contributed by atoms with Gasteiger partial charge in [-0.05, 0) is 39.5 Å². The van der Waals surface area contributed by atoms with E-state index in [1.165, 1.54) is 11.3 Å². The third-order valence-electron chi connectivity index (χ3n) is 2.02. The van der Waals surface area contributed by atoms with Gasteiger partial charge in [0.15, 0.2) is 0 Å². The monoisotopic (exact) mass is 281 g/mol. The van der Waals surface area contributed by atoms with Crippen molar-refractivity contribution in [1.82, 2.24) is 0 Å². The topological polar surface area (TPSA) is 43.1 Å². The summed E-state index contributed by atoms with van der Waals surface area (Å²) in [6.45, 7) is 0. The van der Waals surface area contributed by atoms with Crippen LogP contribution in [0.3, 0.4) is 0 Å². The van der Waals surface area contributed by atoms with Crippen LogP contribution in [0.1, 0.15) is 15.2 Å². The standard InChI is InChI=1S/C11H8BrNOS/c12-10-7(3-1-4-8(10)13)11(14)9-5-2-6-15-9/h1-6H,13H2. The highest BCUT2D eigenvalue weighted by atomic mass is 79.9. The van der Waals surface area contributed by atoms with Gasteiger partial charge in [-0.1, -0.05) is 12.1 Å². The van der Waals surface area contributed by atoms with Crippen LogP contribution in [0.2, 0.25) is 0 Å². The Bertz CT molecular complexity index is 493. The molecule has 0 unspecified atom stereocenters. The lowest BCUT2D eigenvalue weighted by atomic mass is 10.1. The fraction of sp³-hybridized carbons (Fsp3) is 0. The van der Waals surface area contributed by atoms with E-state index in [1.54, 1.807) is 18.2 Å². The Morgan fingerprint density at radius 3 is 2.73 bits per heavy atom. The number of nitrogens with two attached hydrogens (primary N) is 1. The maximum absolute atomic E-state index is 12.0. The zero-order valence-electron chi connectivity index (χ0n) is 7.74. The zero-order chi connectivity index (χ0) is 10.8. The molecule has 0 aliphatic heterocycles. The minimum atomic E-state index is 0.00387. The quantitative estimate of drug-likeness (QED) is 0.678. The van der Waals surface area contributed by atoms with Crippen LogP contribution in [-0.4, -0.2) is 5.78 Å². The van der Waals surface area contributed by atoms with Gasteiger partial charge in [-0.2, -0.15) is 0 Å². The second-order valence-electron chi connectivity index (χ2n) is 3.02. The molecule has 2 rings (SSSR count). The number of nitrogen functional groups attached to an aromatic ring is 1. The lowest BCUT2D eigenvalue weighted by Gasteiger charge is -2.04. The SMILES string of the molecule is Nc1cccc(C(=O)c2cccs2)c1Br. The normalized spacial score (nSPS) is 10.2. The summed E-state index contributed by atoms with van der Waals surface area (Å²) >= 11 is 4.75. The molecule has 0 spiro atoms. The van der Waals surface area contributed by atoms with Gasteiger partial charge in [0.1, 0.15) is 0 Å². The van der Waals surface area contributed by atoms with Crippen molar-refractivity contribution in [3.8, 4) is 0 Å². The van der Waals surface area contributed by atoms with Crippen molar-refractivity contribution in [1.29, 1.82) is 0 Å². The Kier molecular flexibility index (Phi) is 2.88. The average molecular weight is 282 g/mol. The summed E-state index contributed by atoms with van der Waals surface area (Å²) in [5, 5.41) is 1.88. The van der Waals surface area contributed by atoms with E-state index in [0.717, 1.165) is 4.88 Å². The van der Waals surface area contributed by atoms with Crippen molar-refractivity contribution in [2.24, 2.45) is 0 Å². The molecule has 4 heteroatoms. The molecule has 0 aliphatic carbocycles. The summed E-state index contributed by atoms with van der Waals surface area (Å²) in [7, 11) is 0. The molecule has 0 aliphatic rings. The molecule has 0 bridgehead atoms. The van der Waals surface area contributed by atoms with Crippen molar-refractivity contribution >= 4 is 38.7 Å². The molecule has 76 valence electrons. The predicted molar refractivity (Wildman–Crippen MR) is 66.3 cm³/mol. The lowest BCUT2D eigenvalue weighted by molar-refractivity contribution is 0.104. The van der Waals surface area contributed by atoms with Crippen molar-refractivity contribution in [2.75, 3.05) is 5.73 Å². The van der Waals surface area contributed by atoms with E-state index in [0.29, 0.717) is 15.7 Å². The first-order chi connectivity index (χ1) is 7.20. The van der Waals surface area contributed by atoms with Gasteiger partial charge in [-0.25, -0.2) is 0 Å². The Morgan fingerprint density at radius 2 is 2.07 bits per heavy atom. The highest BCUT2D eigenvalue weighted by Crippen LogP contribution is 2.26. The van der Waals surface area contributed by atoms with Gasteiger partial charge >= 0.3 is 0 Å². The first-order valence-electron chi connectivity index (χ1n) is 4.32. The highest BCUT2D eigenvalue weighted by Gasteiger charge is 2.14. The third-order valence-corrected chi connectivity index (χ3v) is 3.77. The van der Waals surface area contributed by atoms with Gasteiger partial charge in [0, 0.05) is 11.3 Å². The number of carbonyl (C=O) groups excluding carboxylic acids is 1. The number of thiophene rings is 1. The Balaban J connectivity index is 2.47. The lowest BCUT2D eigenvalue weighted by Crippen LogP contribution is -2.01. The van der Waals surface area contributed by atoms with Gasteiger partial charge in [-0.3, -0.25) is 4.79 Å². The van der Waals surface area contributed by atoms with Crippen molar-refractivity contribution < 1.29 is 4.79 Å². The Hall–Kier alpha value is -1.13. The van der Waals surface area contributed by atoms with E-state index in [-0.39, 0.29) is 5.78 Å². The second kappa shape index (κ2) is 4.16. The smallest absolute Gasteiger partial charge is 0.204 e. The van der Waals surface area contributed by atoms with Crippen LogP contribution < -0.4 is 5.73 Å². The Labute approximate surface area is 99.9 Å². The number of benzene rings is 1. The molecule has 1 heterocycles. The number of hydrogen-bond donors (Lipinski definition) is 1. The largest absolute Gasteiger partial charge is 0.398 e. The Morgan fingerprint density at radius 1 is 1.27 bits per heavy atom. The number of ketones is 1. The summed E-state index contributed by atoms with van der Waals surface area (Å²) in [4.78, 5) is 12.7. The summed E-state index contributed by atoms with van der Waals surface area (Å²) < 4.78 is 0.670. The van der Waals surface area contributed by atoms with Crippen LogP contribution in [0.25, 0.3) is 0 Å². The van der Waals surface area contributed by atoms with Gasteiger partial charge < -0.3 is 5.73 Å². The van der Waals surface area contributed by atoms with E-state index < -0.39 is 0 Å². The van der Waals surface area contributed by atoms with Crippen LogP contribution in [0, 0.1) is 0 Å².